The molecule has 0 unspecified atom stereocenters. The second kappa shape index (κ2) is 13.2. The Hall–Kier alpha value is -1.34. The zero-order valence-corrected chi connectivity index (χ0v) is 18.4. The van der Waals surface area contributed by atoms with Crippen molar-refractivity contribution in [3.63, 3.8) is 0 Å². The van der Waals surface area contributed by atoms with Gasteiger partial charge in [-0.15, -0.1) is 0 Å². The van der Waals surface area contributed by atoms with Crippen molar-refractivity contribution in [1.29, 1.82) is 0 Å². The van der Waals surface area contributed by atoms with Crippen molar-refractivity contribution in [1.82, 2.24) is 9.80 Å². The molecule has 30 heavy (non-hydrogen) atoms. The summed E-state index contributed by atoms with van der Waals surface area (Å²) in [6.45, 7) is 6.25. The molecule has 0 aliphatic carbocycles. The second-order valence-corrected chi connectivity index (χ2v) is 8.83. The van der Waals surface area contributed by atoms with E-state index in [9.17, 15) is 10.2 Å². The van der Waals surface area contributed by atoms with E-state index in [1.165, 1.54) is 51.4 Å². The van der Waals surface area contributed by atoms with Crippen LogP contribution in [0.1, 0.15) is 51.4 Å². The Kier molecular flexibility index (Phi) is 10.2. The highest BCUT2D eigenvalue weighted by Crippen LogP contribution is 2.18. The molecule has 2 atom stereocenters. The number of aliphatic hydroxyl groups is 2. The van der Waals surface area contributed by atoms with Crippen molar-refractivity contribution >= 4 is 0 Å². The van der Waals surface area contributed by atoms with E-state index in [1.807, 2.05) is 24.3 Å². The molecular weight excluding hydrogens is 380 g/mol. The summed E-state index contributed by atoms with van der Waals surface area (Å²) >= 11 is 0. The molecule has 0 aromatic heterocycles. The van der Waals surface area contributed by atoms with E-state index >= 15 is 0 Å². The molecule has 2 fully saturated rings. The second-order valence-electron chi connectivity index (χ2n) is 8.83. The van der Waals surface area contributed by atoms with Gasteiger partial charge in [-0.2, -0.15) is 0 Å². The molecule has 6 heteroatoms. The molecule has 6 nitrogen and oxygen atoms in total. The molecule has 0 spiro atoms. The summed E-state index contributed by atoms with van der Waals surface area (Å²) in [5, 5.41) is 20.6. The average molecular weight is 421 g/mol. The van der Waals surface area contributed by atoms with Crippen molar-refractivity contribution in [3.05, 3.63) is 24.3 Å². The lowest BCUT2D eigenvalue weighted by atomic mass is 10.2. The van der Waals surface area contributed by atoms with Gasteiger partial charge in [0.05, 0.1) is 0 Å². The summed E-state index contributed by atoms with van der Waals surface area (Å²) in [6.07, 6.45) is 9.13. The molecule has 170 valence electrons. The first-order valence-corrected chi connectivity index (χ1v) is 11.9. The van der Waals surface area contributed by atoms with E-state index in [-0.39, 0.29) is 0 Å². The number of aliphatic hydroxyl groups excluding tert-OH is 2. The normalized spacial score (nSPS) is 21.4. The summed E-state index contributed by atoms with van der Waals surface area (Å²) in [6, 6.07) is 7.43. The van der Waals surface area contributed by atoms with Gasteiger partial charge in [0, 0.05) is 13.1 Å². The zero-order chi connectivity index (χ0) is 21.0. The van der Waals surface area contributed by atoms with Crippen LogP contribution in [0, 0.1) is 0 Å². The summed E-state index contributed by atoms with van der Waals surface area (Å²) in [7, 11) is 0. The fraction of sp³-hybridized carbons (Fsp3) is 0.750. The number of benzene rings is 1. The molecular formula is C24H40N2O4. The first-order chi connectivity index (χ1) is 14.7. The maximum Gasteiger partial charge on any atom is 0.119 e. The zero-order valence-electron chi connectivity index (χ0n) is 18.4. The number of β-amino-alcohol motifs (C(OH)–C–C–N with tert-alkyl or cyclic N) is 2. The molecule has 0 amide bonds. The predicted octanol–water partition coefficient (Wildman–Crippen LogP) is 2.92. The highest BCUT2D eigenvalue weighted by molar-refractivity contribution is 5.31. The maximum atomic E-state index is 10.3. The number of ether oxygens (including phenoxy) is 2. The smallest absolute Gasteiger partial charge is 0.119 e. The van der Waals surface area contributed by atoms with E-state index in [0.29, 0.717) is 26.3 Å². The fourth-order valence-corrected chi connectivity index (χ4v) is 4.36. The minimum Gasteiger partial charge on any atom is -0.491 e. The van der Waals surface area contributed by atoms with Crippen LogP contribution in [0.4, 0.5) is 0 Å². The van der Waals surface area contributed by atoms with Gasteiger partial charge in [-0.25, -0.2) is 0 Å². The van der Waals surface area contributed by atoms with Crippen LogP contribution >= 0.6 is 0 Å². The number of likely N-dealkylation sites (tertiary alicyclic amines) is 2. The fourth-order valence-electron chi connectivity index (χ4n) is 4.36. The largest absolute Gasteiger partial charge is 0.491 e. The molecule has 1 aromatic carbocycles. The number of nitrogens with zero attached hydrogens (tertiary/aromatic N) is 2. The highest BCUT2D eigenvalue weighted by Gasteiger charge is 2.15. The van der Waals surface area contributed by atoms with Gasteiger partial charge < -0.3 is 29.5 Å². The minimum absolute atomic E-state index is 0.297. The summed E-state index contributed by atoms with van der Waals surface area (Å²) in [5.41, 5.74) is 0. The van der Waals surface area contributed by atoms with Crippen molar-refractivity contribution in [2.45, 2.75) is 63.6 Å². The molecule has 1 aromatic rings. The lowest BCUT2D eigenvalue weighted by Gasteiger charge is -2.23. The van der Waals surface area contributed by atoms with Gasteiger partial charge in [0.1, 0.15) is 36.9 Å². The van der Waals surface area contributed by atoms with Gasteiger partial charge in [-0.05, 0) is 76.1 Å². The molecule has 2 saturated heterocycles. The molecule has 2 aliphatic rings. The minimum atomic E-state index is -0.479. The van der Waals surface area contributed by atoms with Crippen LogP contribution in [0.2, 0.25) is 0 Å². The predicted molar refractivity (Wildman–Crippen MR) is 119 cm³/mol. The van der Waals surface area contributed by atoms with Gasteiger partial charge in [0.2, 0.25) is 0 Å². The van der Waals surface area contributed by atoms with Gasteiger partial charge in [-0.1, -0.05) is 25.7 Å². The third-order valence-corrected chi connectivity index (χ3v) is 6.04. The highest BCUT2D eigenvalue weighted by atomic mass is 16.5. The van der Waals surface area contributed by atoms with Crippen LogP contribution in [0.15, 0.2) is 24.3 Å². The Balaban J connectivity index is 1.32. The SMILES string of the molecule is O[C@H](COc1ccc(OC[C@H](O)CN2CCCCCC2)cc1)CN1CCCCCC1. The van der Waals surface area contributed by atoms with Crippen LogP contribution in [0.5, 0.6) is 11.5 Å². The van der Waals surface area contributed by atoms with Crippen LogP contribution in [-0.4, -0.2) is 84.7 Å². The Morgan fingerprint density at radius 2 is 0.933 bits per heavy atom. The van der Waals surface area contributed by atoms with Gasteiger partial charge in [-0.3, -0.25) is 0 Å². The molecule has 3 rings (SSSR count). The van der Waals surface area contributed by atoms with Crippen LogP contribution in [0.25, 0.3) is 0 Å². The van der Waals surface area contributed by atoms with Crippen LogP contribution in [0.3, 0.4) is 0 Å². The molecule has 0 radical (unpaired) electrons. The molecule has 0 bridgehead atoms. The third-order valence-electron chi connectivity index (χ3n) is 6.04. The lowest BCUT2D eigenvalue weighted by Crippen LogP contribution is -2.36. The van der Waals surface area contributed by atoms with Crippen molar-refractivity contribution < 1.29 is 19.7 Å². The summed E-state index contributed by atoms with van der Waals surface area (Å²) < 4.78 is 11.5. The van der Waals surface area contributed by atoms with Gasteiger partial charge in [0.15, 0.2) is 0 Å². The third kappa shape index (κ3) is 8.80. The van der Waals surface area contributed by atoms with Gasteiger partial charge in [0.25, 0.3) is 0 Å². The van der Waals surface area contributed by atoms with E-state index in [1.54, 1.807) is 0 Å². The first-order valence-electron chi connectivity index (χ1n) is 11.9. The molecule has 0 saturated carbocycles. The summed E-state index contributed by atoms with van der Waals surface area (Å²) in [5.74, 6) is 1.45. The molecule has 2 N–H and O–H groups in total. The van der Waals surface area contributed by atoms with E-state index < -0.39 is 12.2 Å². The monoisotopic (exact) mass is 420 g/mol. The standard InChI is InChI=1S/C24H40N2O4/c27-21(17-25-13-5-1-2-6-14-25)19-29-23-9-11-24(12-10-23)30-20-22(28)18-26-15-7-3-4-8-16-26/h9-12,21-22,27-28H,1-8,13-20H2/t21-,22+. The van der Waals surface area contributed by atoms with Crippen LogP contribution < -0.4 is 9.47 Å². The Bertz CT molecular complexity index is 516. The van der Waals surface area contributed by atoms with Gasteiger partial charge >= 0.3 is 0 Å². The number of hydrogen-bond acceptors (Lipinski definition) is 6. The Labute approximate surface area is 181 Å². The maximum absolute atomic E-state index is 10.3. The first kappa shape index (κ1) is 23.3. The van der Waals surface area contributed by atoms with Crippen molar-refractivity contribution in [3.8, 4) is 11.5 Å². The van der Waals surface area contributed by atoms with E-state index in [2.05, 4.69) is 9.80 Å². The Morgan fingerprint density at radius 3 is 1.27 bits per heavy atom. The van der Waals surface area contributed by atoms with E-state index in [0.717, 1.165) is 37.7 Å². The van der Waals surface area contributed by atoms with Crippen molar-refractivity contribution in [2.75, 3.05) is 52.5 Å². The molecule has 2 heterocycles. The summed E-state index contributed by atoms with van der Waals surface area (Å²) in [4.78, 5) is 4.68. The number of hydrogen-bond donors (Lipinski definition) is 2. The molecule has 2 aliphatic heterocycles. The van der Waals surface area contributed by atoms with Crippen LogP contribution in [-0.2, 0) is 0 Å². The Morgan fingerprint density at radius 1 is 0.600 bits per heavy atom. The van der Waals surface area contributed by atoms with Crippen molar-refractivity contribution in [2.24, 2.45) is 0 Å². The average Bonchev–Trinajstić information content (AvgIpc) is 3.16. The quantitative estimate of drug-likeness (QED) is 0.607. The topological polar surface area (TPSA) is 65.4 Å². The number of rotatable bonds is 10. The lowest BCUT2D eigenvalue weighted by molar-refractivity contribution is 0.0680. The van der Waals surface area contributed by atoms with E-state index in [4.69, 9.17) is 9.47 Å².